The fraction of sp³-hybridized carbons (Fsp3) is 0.105. The third kappa shape index (κ3) is 14.1. The van der Waals surface area contributed by atoms with Crippen LogP contribution in [0, 0.1) is 0 Å². The lowest BCUT2D eigenvalue weighted by atomic mass is 9.12. The number of para-hydroxylation sites is 2. The SMILES string of the molecule is FC(F)(F)c1cc([B-](c2cc(C(F)(F)F)cc(C(F)(F)F)c2)(c2cc(C(F)(F)F)cc(C(F)(F)F)c2)c2cc(C(F)(F)F)cc(C(F)(F)F)c2)cc(C(F)(F)F)c1.c1ccc(-c2cc3ccccc3c3c2N[P+]2(Nc4ccccc4-c4ccccc4O2)Oc2c(-c4ccccc4)cc4ccccc4c2-3)cc1. The van der Waals surface area contributed by atoms with Crippen molar-refractivity contribution < 1.29 is 114 Å². The summed E-state index contributed by atoms with van der Waals surface area (Å²) in [6.45, 7) is 0. The summed E-state index contributed by atoms with van der Waals surface area (Å²) in [4.78, 5) is 0. The lowest BCUT2D eigenvalue weighted by Crippen LogP contribution is -2.75. The second-order valence-corrected chi connectivity index (χ2v) is 26.6. The molecule has 4 nitrogen and oxygen atoms in total. The smallest absolute Gasteiger partial charge is 0.264 e. The molecule has 14 rings (SSSR count). The number of nitrogens with one attached hydrogen (secondary N) is 2. The summed E-state index contributed by atoms with van der Waals surface area (Å²) in [7, 11) is -3.25. The molecule has 0 aliphatic carbocycles. The molecule has 2 heterocycles. The monoisotopic (exact) mass is 1510 g/mol. The van der Waals surface area contributed by atoms with Crippen LogP contribution in [-0.4, -0.2) is 6.15 Å². The minimum Gasteiger partial charge on any atom is -0.264 e. The van der Waals surface area contributed by atoms with Gasteiger partial charge >= 0.3 is 57.4 Å². The highest BCUT2D eigenvalue weighted by Crippen LogP contribution is 2.69. The molecule has 12 aromatic carbocycles. The van der Waals surface area contributed by atoms with Crippen LogP contribution in [0.25, 0.3) is 66.1 Å². The molecule has 544 valence electrons. The molecule has 0 amide bonds. The molecule has 30 heteroatoms. The zero-order chi connectivity index (χ0) is 76.3. The van der Waals surface area contributed by atoms with Crippen LogP contribution in [-0.2, 0) is 49.4 Å². The average Bonchev–Trinajstić information content (AvgIpc) is 1.47. The summed E-state index contributed by atoms with van der Waals surface area (Å²) in [6, 6.07) is 50.8. The molecule has 106 heavy (non-hydrogen) atoms. The normalized spacial score (nSPS) is 14.9. The third-order valence-electron chi connectivity index (χ3n) is 18.0. The number of fused-ring (bicyclic) bond motifs is 10. The highest BCUT2D eigenvalue weighted by Gasteiger charge is 2.55. The van der Waals surface area contributed by atoms with Crippen LogP contribution in [0.4, 0.5) is 117 Å². The van der Waals surface area contributed by atoms with E-state index in [1.165, 1.54) is 0 Å². The van der Waals surface area contributed by atoms with Crippen molar-refractivity contribution in [1.82, 2.24) is 0 Å². The number of alkyl halides is 24. The van der Waals surface area contributed by atoms with Crippen molar-refractivity contribution in [2.75, 3.05) is 10.2 Å². The zero-order valence-electron chi connectivity index (χ0n) is 53.0. The van der Waals surface area contributed by atoms with Gasteiger partial charge in [-0.3, -0.25) is 9.05 Å². The summed E-state index contributed by atoms with van der Waals surface area (Å²) in [5.74, 6) is 1.54. The maximum atomic E-state index is 14.2. The van der Waals surface area contributed by atoms with Crippen LogP contribution in [0.1, 0.15) is 44.5 Å². The molecule has 0 saturated carbocycles. The van der Waals surface area contributed by atoms with Gasteiger partial charge in [-0.15, -0.1) is 0 Å². The van der Waals surface area contributed by atoms with Gasteiger partial charge in [0.15, 0.2) is 5.75 Å². The van der Waals surface area contributed by atoms with Crippen LogP contribution < -0.4 is 41.1 Å². The van der Waals surface area contributed by atoms with Gasteiger partial charge in [-0.25, -0.2) is 0 Å². The van der Waals surface area contributed by atoms with Gasteiger partial charge in [0, 0.05) is 33.4 Å². The van der Waals surface area contributed by atoms with Crippen molar-refractivity contribution in [2.24, 2.45) is 0 Å². The van der Waals surface area contributed by atoms with Gasteiger partial charge in [0.1, 0.15) is 6.15 Å². The largest absolute Gasteiger partial charge is 0.572 e. The van der Waals surface area contributed by atoms with Crippen LogP contribution >= 0.6 is 8.02 Å². The lowest BCUT2D eigenvalue weighted by Gasteiger charge is -2.46. The first-order valence-electron chi connectivity index (χ1n) is 31.1. The number of hydrogen-bond acceptors (Lipinski definition) is 4. The Morgan fingerprint density at radius 1 is 0.264 bits per heavy atom. The molecule has 1 unspecified atom stereocenters. The van der Waals surface area contributed by atoms with Gasteiger partial charge in [0.25, 0.3) is 0 Å². The Morgan fingerprint density at radius 2 is 0.575 bits per heavy atom. The molecule has 0 bridgehead atoms. The third-order valence-corrected chi connectivity index (χ3v) is 19.9. The van der Waals surface area contributed by atoms with Crippen LogP contribution in [0.3, 0.4) is 0 Å². The molecule has 2 aliphatic rings. The van der Waals surface area contributed by atoms with Crippen molar-refractivity contribution in [2.45, 2.75) is 49.4 Å². The van der Waals surface area contributed by atoms with E-state index in [0.717, 1.165) is 88.9 Å². The molecule has 0 aromatic heterocycles. The molecule has 0 fully saturated rings. The maximum absolute atomic E-state index is 14.2. The van der Waals surface area contributed by atoms with E-state index in [1.54, 1.807) is 0 Å². The van der Waals surface area contributed by atoms with E-state index in [9.17, 15) is 105 Å². The van der Waals surface area contributed by atoms with Crippen molar-refractivity contribution in [3.05, 3.63) is 287 Å². The fourth-order valence-corrected chi connectivity index (χ4v) is 15.6. The van der Waals surface area contributed by atoms with E-state index in [2.05, 4.69) is 168 Å². The number of rotatable bonds is 6. The van der Waals surface area contributed by atoms with E-state index < -0.39 is 203 Å². The van der Waals surface area contributed by atoms with Crippen molar-refractivity contribution in [1.29, 1.82) is 0 Å². The van der Waals surface area contributed by atoms with Crippen molar-refractivity contribution in [3.63, 3.8) is 0 Å². The average molecular weight is 1510 g/mol. The highest BCUT2D eigenvalue weighted by molar-refractivity contribution is 7.70. The Kier molecular flexibility index (Phi) is 18.1. The molecule has 1 atom stereocenters. The Bertz CT molecular complexity index is 4780. The van der Waals surface area contributed by atoms with Gasteiger partial charge in [-0.05, 0) is 81.2 Å². The van der Waals surface area contributed by atoms with E-state index in [0.29, 0.717) is 0 Å². The first-order chi connectivity index (χ1) is 49.5. The van der Waals surface area contributed by atoms with Crippen LogP contribution in [0.2, 0.25) is 0 Å². The molecule has 12 aromatic rings. The maximum Gasteiger partial charge on any atom is 0.572 e. The Balaban J connectivity index is 0.000000189. The summed E-state index contributed by atoms with van der Waals surface area (Å²) in [6.07, 6.45) is -54.8. The first kappa shape index (κ1) is 73.5. The van der Waals surface area contributed by atoms with E-state index in [1.807, 2.05) is 12.1 Å². The second-order valence-electron chi connectivity index (χ2n) is 24.7. The Hall–Kier alpha value is -10.8. The van der Waals surface area contributed by atoms with E-state index >= 15 is 0 Å². The minimum atomic E-state index is -6.13. The summed E-state index contributed by atoms with van der Waals surface area (Å²) in [5.41, 5.74) is -19.8. The lowest BCUT2D eigenvalue weighted by molar-refractivity contribution is -0.144. The molecule has 0 saturated heterocycles. The van der Waals surface area contributed by atoms with Gasteiger partial charge in [-0.2, -0.15) is 137 Å². The number of halogens is 24. The zero-order valence-corrected chi connectivity index (χ0v) is 53.9. The standard InChI is InChI=1S/C44H30N2O2P.C32H12BF24/c1-3-15-29(16-4-1)37-27-31-19-7-9-21-33(31)41-42-34-22-10-8-20-32(34)28-38(30-17-5-2-6-18-30)44(42)48-49(46-43(37)41)45-39-25-13-11-23-35(39)36-24-12-14-26-40(36)47-49;34-25(35,36)13-1-14(26(37,38)39)6-21(5-13)33(22-7-15(27(40,41)42)2-16(8-22)28(43,44)45,23-9-17(29(46,47)48)3-18(10-23)30(49,50)51)24-11-19(31(52,53)54)4-20(12-24)32(55,56)57/h1-28,45-46H;1-12H/q+1;-1. The van der Waals surface area contributed by atoms with E-state index in [4.69, 9.17) is 9.05 Å². The van der Waals surface area contributed by atoms with Crippen molar-refractivity contribution in [3.8, 4) is 56.0 Å². The fourth-order valence-electron chi connectivity index (χ4n) is 13.4. The Morgan fingerprint density at radius 3 is 0.962 bits per heavy atom. The number of hydrogen-bond donors (Lipinski definition) is 2. The number of anilines is 2. The summed E-state index contributed by atoms with van der Waals surface area (Å²) in [5, 5.41) is 12.4. The molecular formula is C76H42BF24N2O2P. The molecule has 0 radical (unpaired) electrons. The highest BCUT2D eigenvalue weighted by atomic mass is 31.2. The summed E-state index contributed by atoms with van der Waals surface area (Å²) >= 11 is 0. The van der Waals surface area contributed by atoms with Crippen LogP contribution in [0.5, 0.6) is 11.5 Å². The number of benzene rings is 12. The predicted octanol–water partition coefficient (Wildman–Crippen LogP) is 23.9. The molecular weight excluding hydrogens is 1470 g/mol. The topological polar surface area (TPSA) is 42.5 Å². The summed E-state index contributed by atoms with van der Waals surface area (Å²) < 4.78 is 356. The minimum absolute atomic E-state index is 0.691. The van der Waals surface area contributed by atoms with E-state index in [-0.39, 0.29) is 0 Å². The first-order valence-corrected chi connectivity index (χ1v) is 32.7. The molecule has 2 aliphatic heterocycles. The van der Waals surface area contributed by atoms with Gasteiger partial charge in [0.05, 0.1) is 55.9 Å². The quantitative estimate of drug-likeness (QED) is 0.0989. The molecule has 2 N–H and O–H groups in total. The molecule has 1 spiro atoms. The van der Waals surface area contributed by atoms with Gasteiger partial charge in [-0.1, -0.05) is 194 Å². The van der Waals surface area contributed by atoms with Crippen molar-refractivity contribution >= 4 is 68.9 Å². The predicted molar refractivity (Wildman–Crippen MR) is 355 cm³/mol. The van der Waals surface area contributed by atoms with Gasteiger partial charge < -0.3 is 0 Å². The van der Waals surface area contributed by atoms with Gasteiger partial charge in [0.2, 0.25) is 5.75 Å². The van der Waals surface area contributed by atoms with Crippen LogP contribution in [0.15, 0.2) is 243 Å². The Labute approximate surface area is 584 Å². The second kappa shape index (κ2) is 26.0.